The highest BCUT2D eigenvalue weighted by molar-refractivity contribution is 9.10. The summed E-state index contributed by atoms with van der Waals surface area (Å²) in [5.74, 6) is -1.29. The molecule has 0 saturated heterocycles. The highest BCUT2D eigenvalue weighted by Crippen LogP contribution is 2.25. The summed E-state index contributed by atoms with van der Waals surface area (Å²) in [6.45, 7) is -0.388. The summed E-state index contributed by atoms with van der Waals surface area (Å²) in [6, 6.07) is 13.2. The molecule has 2 aromatic carbocycles. The molecule has 138 valence electrons. The number of anilines is 1. The lowest BCUT2D eigenvalue weighted by atomic mass is 10.2. The number of benzene rings is 2. The summed E-state index contributed by atoms with van der Waals surface area (Å²) in [7, 11) is 0. The van der Waals surface area contributed by atoms with Crippen molar-refractivity contribution in [2.24, 2.45) is 0 Å². The number of thiazole rings is 1. The number of hydrogen-bond donors (Lipinski definition) is 1. The van der Waals surface area contributed by atoms with Crippen molar-refractivity contribution in [1.29, 1.82) is 0 Å². The molecule has 0 spiro atoms. The summed E-state index contributed by atoms with van der Waals surface area (Å²) in [5, 5.41) is 4.71. The molecule has 1 N–H and O–H groups in total. The quantitative estimate of drug-likeness (QED) is 0.566. The molecule has 8 heteroatoms. The average molecular weight is 449 g/mol. The Labute approximate surface area is 167 Å². The van der Waals surface area contributed by atoms with Crippen molar-refractivity contribution in [3.63, 3.8) is 0 Å². The molecule has 1 aromatic heterocycles. The van der Waals surface area contributed by atoms with Gasteiger partial charge in [-0.15, -0.1) is 11.3 Å². The summed E-state index contributed by atoms with van der Waals surface area (Å²) in [5.41, 5.74) is 2.17. The van der Waals surface area contributed by atoms with Crippen LogP contribution in [0.2, 0.25) is 0 Å². The highest BCUT2D eigenvalue weighted by atomic mass is 79.9. The van der Waals surface area contributed by atoms with Crippen molar-refractivity contribution in [2.75, 3.05) is 11.9 Å². The number of carbonyl (C=O) groups excluding carboxylic acids is 2. The Balaban J connectivity index is 1.48. The second kappa shape index (κ2) is 8.88. The fourth-order valence-corrected chi connectivity index (χ4v) is 3.21. The van der Waals surface area contributed by atoms with Gasteiger partial charge >= 0.3 is 5.97 Å². The van der Waals surface area contributed by atoms with Crippen LogP contribution in [-0.4, -0.2) is 23.5 Å². The predicted molar refractivity (Wildman–Crippen MR) is 105 cm³/mol. The van der Waals surface area contributed by atoms with Gasteiger partial charge in [0, 0.05) is 15.4 Å². The first-order valence-electron chi connectivity index (χ1n) is 7.91. The first-order valence-corrected chi connectivity index (χ1v) is 9.58. The van der Waals surface area contributed by atoms with Crippen LogP contribution in [0, 0.1) is 5.82 Å². The zero-order chi connectivity index (χ0) is 19.2. The fourth-order valence-electron chi connectivity index (χ4n) is 2.21. The number of esters is 1. The van der Waals surface area contributed by atoms with Gasteiger partial charge in [-0.1, -0.05) is 28.1 Å². The summed E-state index contributed by atoms with van der Waals surface area (Å²) in [4.78, 5) is 28.0. The van der Waals surface area contributed by atoms with Gasteiger partial charge in [0.05, 0.1) is 12.1 Å². The van der Waals surface area contributed by atoms with Crippen molar-refractivity contribution in [1.82, 2.24) is 4.98 Å². The first-order chi connectivity index (χ1) is 13.0. The van der Waals surface area contributed by atoms with E-state index in [1.165, 1.54) is 23.5 Å². The lowest BCUT2D eigenvalue weighted by molar-refractivity contribution is -0.146. The lowest BCUT2D eigenvalue weighted by Gasteiger charge is -2.05. The number of nitrogens with one attached hydrogen (secondary N) is 1. The molecule has 3 rings (SSSR count). The van der Waals surface area contributed by atoms with Gasteiger partial charge in [0.1, 0.15) is 5.82 Å². The van der Waals surface area contributed by atoms with Crippen molar-refractivity contribution in [3.05, 3.63) is 69.8 Å². The molecule has 1 heterocycles. The molecule has 0 aliphatic heterocycles. The van der Waals surface area contributed by atoms with Gasteiger partial charge in [-0.05, 0) is 42.0 Å². The molecule has 0 atom stereocenters. The minimum Gasteiger partial charge on any atom is -0.455 e. The Hall–Kier alpha value is -2.58. The fraction of sp³-hybridized carbons (Fsp3) is 0.105. The summed E-state index contributed by atoms with van der Waals surface area (Å²) in [6.07, 6.45) is 0.0898. The van der Waals surface area contributed by atoms with E-state index in [2.05, 4.69) is 26.2 Å². The third-order valence-electron chi connectivity index (χ3n) is 3.52. The minimum atomic E-state index is -0.487. The number of hydrogen-bond acceptors (Lipinski definition) is 5. The maximum absolute atomic E-state index is 13.0. The standard InChI is InChI=1S/C19H14BrFN2O3S/c20-14-5-1-12(2-6-14)9-18(25)26-10-17(24)23-19-22-16(11-27-19)13-3-7-15(21)8-4-13/h1-8,11H,9-10H2,(H,22,23,24). The van der Waals surface area contributed by atoms with Crippen LogP contribution >= 0.6 is 27.3 Å². The minimum absolute atomic E-state index is 0.0898. The van der Waals surface area contributed by atoms with Crippen LogP contribution in [0.25, 0.3) is 11.3 Å². The van der Waals surface area contributed by atoms with Crippen LogP contribution in [0.4, 0.5) is 9.52 Å². The molecule has 0 fully saturated rings. The van der Waals surface area contributed by atoms with Crippen LogP contribution in [0.1, 0.15) is 5.56 Å². The summed E-state index contributed by atoms with van der Waals surface area (Å²) < 4.78 is 18.9. The van der Waals surface area contributed by atoms with Crippen LogP contribution in [-0.2, 0) is 20.7 Å². The predicted octanol–water partition coefficient (Wildman–Crippen LogP) is 4.44. The number of rotatable bonds is 6. The maximum Gasteiger partial charge on any atom is 0.310 e. The van der Waals surface area contributed by atoms with E-state index in [1.54, 1.807) is 29.6 Å². The molecule has 0 bridgehead atoms. The zero-order valence-electron chi connectivity index (χ0n) is 13.9. The average Bonchev–Trinajstić information content (AvgIpc) is 3.11. The third kappa shape index (κ3) is 5.70. The smallest absolute Gasteiger partial charge is 0.310 e. The SMILES string of the molecule is O=C(COC(=O)Cc1ccc(Br)cc1)Nc1nc(-c2ccc(F)cc2)cs1. The molecule has 0 aliphatic rings. The molecule has 27 heavy (non-hydrogen) atoms. The Morgan fingerprint density at radius 2 is 1.81 bits per heavy atom. The topological polar surface area (TPSA) is 68.3 Å². The molecular formula is C19H14BrFN2O3S. The number of halogens is 2. The Morgan fingerprint density at radius 3 is 2.52 bits per heavy atom. The van der Waals surface area contributed by atoms with Gasteiger partial charge < -0.3 is 4.74 Å². The van der Waals surface area contributed by atoms with Crippen LogP contribution in [0.3, 0.4) is 0 Å². The Bertz CT molecular complexity index is 942. The number of carbonyl (C=O) groups is 2. The molecule has 0 radical (unpaired) electrons. The second-order valence-corrected chi connectivity index (χ2v) is 7.33. The van der Waals surface area contributed by atoms with E-state index in [0.717, 1.165) is 15.6 Å². The Kier molecular flexibility index (Phi) is 6.31. The number of aromatic nitrogens is 1. The van der Waals surface area contributed by atoms with Crippen LogP contribution < -0.4 is 5.32 Å². The Morgan fingerprint density at radius 1 is 1.11 bits per heavy atom. The van der Waals surface area contributed by atoms with E-state index in [0.29, 0.717) is 10.8 Å². The molecule has 0 unspecified atom stereocenters. The summed E-state index contributed by atoms with van der Waals surface area (Å²) >= 11 is 4.56. The number of nitrogens with zero attached hydrogens (tertiary/aromatic N) is 1. The molecule has 1 amide bonds. The third-order valence-corrected chi connectivity index (χ3v) is 4.80. The van der Waals surface area contributed by atoms with Gasteiger partial charge in [-0.25, -0.2) is 9.37 Å². The van der Waals surface area contributed by atoms with E-state index in [-0.39, 0.29) is 18.8 Å². The van der Waals surface area contributed by atoms with Crippen molar-refractivity contribution in [2.45, 2.75) is 6.42 Å². The van der Waals surface area contributed by atoms with Gasteiger partial charge in [0.2, 0.25) is 0 Å². The highest BCUT2D eigenvalue weighted by Gasteiger charge is 2.11. The van der Waals surface area contributed by atoms with Crippen molar-refractivity contribution in [3.8, 4) is 11.3 Å². The maximum atomic E-state index is 13.0. The van der Waals surface area contributed by atoms with Crippen LogP contribution in [0.15, 0.2) is 58.4 Å². The first kappa shape index (κ1) is 19.2. The second-order valence-electron chi connectivity index (χ2n) is 5.56. The monoisotopic (exact) mass is 448 g/mol. The normalized spacial score (nSPS) is 10.4. The molecule has 0 saturated carbocycles. The zero-order valence-corrected chi connectivity index (χ0v) is 16.3. The van der Waals surface area contributed by atoms with E-state index < -0.39 is 11.9 Å². The molecule has 3 aromatic rings. The van der Waals surface area contributed by atoms with Gasteiger partial charge in [0.25, 0.3) is 5.91 Å². The van der Waals surface area contributed by atoms with Crippen LogP contribution in [0.5, 0.6) is 0 Å². The largest absolute Gasteiger partial charge is 0.455 e. The van der Waals surface area contributed by atoms with Crippen molar-refractivity contribution >= 4 is 44.3 Å². The number of amides is 1. The molecular weight excluding hydrogens is 435 g/mol. The van der Waals surface area contributed by atoms with Gasteiger partial charge in [0.15, 0.2) is 11.7 Å². The molecule has 0 aliphatic carbocycles. The van der Waals surface area contributed by atoms with Gasteiger partial charge in [-0.2, -0.15) is 0 Å². The van der Waals surface area contributed by atoms with E-state index >= 15 is 0 Å². The van der Waals surface area contributed by atoms with Gasteiger partial charge in [-0.3, -0.25) is 14.9 Å². The van der Waals surface area contributed by atoms with E-state index in [1.807, 2.05) is 12.1 Å². The van der Waals surface area contributed by atoms with E-state index in [4.69, 9.17) is 4.74 Å². The molecule has 5 nitrogen and oxygen atoms in total. The number of ether oxygens (including phenoxy) is 1. The van der Waals surface area contributed by atoms with E-state index in [9.17, 15) is 14.0 Å². The van der Waals surface area contributed by atoms with Crippen molar-refractivity contribution < 1.29 is 18.7 Å². The lowest BCUT2D eigenvalue weighted by Crippen LogP contribution is -2.21.